The molecule has 0 fully saturated rings. The summed E-state index contributed by atoms with van der Waals surface area (Å²) in [6.07, 6.45) is 1.18. The van der Waals surface area contributed by atoms with E-state index in [4.69, 9.17) is 27.9 Å². The molecule has 5 nitrogen and oxygen atoms in total. The Morgan fingerprint density at radius 3 is 2.35 bits per heavy atom. The van der Waals surface area contributed by atoms with Crippen LogP contribution in [0.5, 0.6) is 5.75 Å². The summed E-state index contributed by atoms with van der Waals surface area (Å²) in [6, 6.07) is 9.66. The van der Waals surface area contributed by atoms with Gasteiger partial charge in [0, 0.05) is 22.6 Å². The van der Waals surface area contributed by atoms with Crippen molar-refractivity contribution >= 4 is 35.0 Å². The van der Waals surface area contributed by atoms with E-state index in [0.29, 0.717) is 27.8 Å². The van der Waals surface area contributed by atoms with Crippen molar-refractivity contribution in [3.05, 3.63) is 63.9 Å². The molecule has 168 valence electrons. The molecule has 0 spiro atoms. The molecule has 0 radical (unpaired) electrons. The Hall–Kier alpha value is -2.31. The van der Waals surface area contributed by atoms with Crippen molar-refractivity contribution in [1.82, 2.24) is 10.2 Å². The van der Waals surface area contributed by atoms with Crippen LogP contribution in [0.3, 0.4) is 0 Å². The minimum atomic E-state index is -0.704. The van der Waals surface area contributed by atoms with Gasteiger partial charge in [0.25, 0.3) is 5.91 Å². The second-order valence-electron chi connectivity index (χ2n) is 7.24. The highest BCUT2D eigenvalue weighted by Gasteiger charge is 2.30. The second kappa shape index (κ2) is 11.9. The Kier molecular flexibility index (Phi) is 9.59. The summed E-state index contributed by atoms with van der Waals surface area (Å²) in [6.45, 7) is 5.53. The molecule has 8 heteroatoms. The van der Waals surface area contributed by atoms with Crippen molar-refractivity contribution in [2.45, 2.75) is 52.2 Å². The number of hydrogen-bond donors (Lipinski definition) is 1. The highest BCUT2D eigenvalue weighted by molar-refractivity contribution is 6.35. The summed E-state index contributed by atoms with van der Waals surface area (Å²) in [7, 11) is 0. The molecule has 0 saturated carbocycles. The summed E-state index contributed by atoms with van der Waals surface area (Å²) in [5, 5.41) is 3.82. The fraction of sp³-hybridized carbons (Fsp3) is 0.391. The molecule has 0 aliphatic carbocycles. The van der Waals surface area contributed by atoms with E-state index in [1.165, 1.54) is 29.2 Å². The number of carbonyl (C=O) groups is 2. The first-order valence-corrected chi connectivity index (χ1v) is 10.9. The molecule has 0 bridgehead atoms. The van der Waals surface area contributed by atoms with E-state index in [9.17, 15) is 14.0 Å². The van der Waals surface area contributed by atoms with Gasteiger partial charge in [-0.2, -0.15) is 0 Å². The van der Waals surface area contributed by atoms with Crippen molar-refractivity contribution < 1.29 is 18.7 Å². The molecule has 0 saturated heterocycles. The van der Waals surface area contributed by atoms with Gasteiger partial charge in [-0.3, -0.25) is 9.59 Å². The monoisotopic (exact) mass is 468 g/mol. The van der Waals surface area contributed by atoms with Gasteiger partial charge >= 0.3 is 0 Å². The first-order chi connectivity index (χ1) is 14.7. The quantitative estimate of drug-likeness (QED) is 0.518. The third-order valence-corrected chi connectivity index (χ3v) is 5.51. The van der Waals surface area contributed by atoms with Crippen LogP contribution < -0.4 is 10.1 Å². The Morgan fingerprint density at radius 2 is 1.77 bits per heavy atom. The largest absolute Gasteiger partial charge is 0.484 e. The fourth-order valence-corrected chi connectivity index (χ4v) is 3.42. The van der Waals surface area contributed by atoms with E-state index in [1.807, 2.05) is 20.8 Å². The van der Waals surface area contributed by atoms with E-state index in [0.717, 1.165) is 6.42 Å². The SMILES string of the molecule is CC[C@@H](C)NC(=O)[C@H](CC)N(Cc1ccc(Cl)cc1Cl)C(=O)COc1ccc(F)cc1. The molecule has 0 unspecified atom stereocenters. The fourth-order valence-electron chi connectivity index (χ4n) is 2.95. The van der Waals surface area contributed by atoms with Crippen LogP contribution in [-0.2, 0) is 16.1 Å². The summed E-state index contributed by atoms with van der Waals surface area (Å²) >= 11 is 12.3. The Labute approximate surface area is 192 Å². The lowest BCUT2D eigenvalue weighted by Gasteiger charge is -2.31. The highest BCUT2D eigenvalue weighted by atomic mass is 35.5. The smallest absolute Gasteiger partial charge is 0.261 e. The first-order valence-electron chi connectivity index (χ1n) is 10.2. The van der Waals surface area contributed by atoms with Gasteiger partial charge in [-0.25, -0.2) is 4.39 Å². The number of nitrogens with one attached hydrogen (secondary N) is 1. The lowest BCUT2D eigenvalue weighted by Crippen LogP contribution is -2.51. The third kappa shape index (κ3) is 7.40. The number of hydrogen-bond acceptors (Lipinski definition) is 3. The van der Waals surface area contributed by atoms with E-state index in [2.05, 4.69) is 5.32 Å². The first kappa shape index (κ1) is 25.0. The molecule has 0 aromatic heterocycles. The molecule has 0 aliphatic heterocycles. The molecule has 0 aliphatic rings. The van der Waals surface area contributed by atoms with Crippen molar-refractivity contribution in [3.8, 4) is 5.75 Å². The van der Waals surface area contributed by atoms with E-state index < -0.39 is 11.9 Å². The van der Waals surface area contributed by atoms with Crippen LogP contribution in [0.15, 0.2) is 42.5 Å². The standard InChI is InChI=1S/C23H27Cl2FN2O3/c1-4-15(3)27-23(30)21(5-2)28(13-16-6-7-17(24)12-20(16)25)22(29)14-31-19-10-8-18(26)9-11-19/h6-12,15,21H,4-5,13-14H2,1-3H3,(H,27,30)/t15-,21+/m1/s1. The molecular weight excluding hydrogens is 442 g/mol. The van der Waals surface area contributed by atoms with Crippen LogP contribution in [0.2, 0.25) is 10.0 Å². The minimum Gasteiger partial charge on any atom is -0.484 e. The van der Waals surface area contributed by atoms with Crippen molar-refractivity contribution in [1.29, 1.82) is 0 Å². The van der Waals surface area contributed by atoms with Gasteiger partial charge in [-0.15, -0.1) is 0 Å². The Balaban J connectivity index is 2.24. The van der Waals surface area contributed by atoms with Crippen LogP contribution >= 0.6 is 23.2 Å². The highest BCUT2D eigenvalue weighted by Crippen LogP contribution is 2.24. The molecule has 2 amide bonds. The van der Waals surface area contributed by atoms with E-state index in [1.54, 1.807) is 18.2 Å². The lowest BCUT2D eigenvalue weighted by molar-refractivity contribution is -0.143. The normalized spacial score (nSPS) is 12.7. The van der Waals surface area contributed by atoms with Crippen molar-refractivity contribution in [2.24, 2.45) is 0 Å². The van der Waals surface area contributed by atoms with Crippen LogP contribution in [0, 0.1) is 5.82 Å². The van der Waals surface area contributed by atoms with Crippen LogP contribution in [0.1, 0.15) is 39.2 Å². The molecule has 1 N–H and O–H groups in total. The summed E-state index contributed by atoms with van der Waals surface area (Å²) in [4.78, 5) is 27.4. The molecule has 2 rings (SSSR count). The number of amides is 2. The van der Waals surface area contributed by atoms with Gasteiger partial charge in [0.15, 0.2) is 6.61 Å². The summed E-state index contributed by atoms with van der Waals surface area (Å²) in [5.41, 5.74) is 0.663. The van der Waals surface area contributed by atoms with Gasteiger partial charge < -0.3 is 15.0 Å². The van der Waals surface area contributed by atoms with Gasteiger partial charge in [-0.05, 0) is 61.7 Å². The summed E-state index contributed by atoms with van der Waals surface area (Å²) in [5.74, 6) is -0.666. The maximum absolute atomic E-state index is 13.1. The van der Waals surface area contributed by atoms with Crippen LogP contribution in [0.4, 0.5) is 4.39 Å². The van der Waals surface area contributed by atoms with Crippen LogP contribution in [-0.4, -0.2) is 35.4 Å². The minimum absolute atomic E-state index is 0.0203. The third-order valence-electron chi connectivity index (χ3n) is 4.92. The Morgan fingerprint density at radius 1 is 1.10 bits per heavy atom. The Bertz CT molecular complexity index is 893. The average Bonchev–Trinajstić information content (AvgIpc) is 2.74. The number of ether oxygens (including phenoxy) is 1. The zero-order valence-electron chi connectivity index (χ0n) is 17.8. The molecule has 2 aromatic rings. The molecule has 31 heavy (non-hydrogen) atoms. The van der Waals surface area contributed by atoms with E-state index in [-0.39, 0.29) is 31.0 Å². The van der Waals surface area contributed by atoms with Gasteiger partial charge in [0.2, 0.25) is 5.91 Å². The van der Waals surface area contributed by atoms with Gasteiger partial charge in [0.1, 0.15) is 17.6 Å². The predicted molar refractivity (Wildman–Crippen MR) is 121 cm³/mol. The van der Waals surface area contributed by atoms with Gasteiger partial charge in [0.05, 0.1) is 0 Å². The molecular formula is C23H27Cl2FN2O3. The van der Waals surface area contributed by atoms with Crippen molar-refractivity contribution in [2.75, 3.05) is 6.61 Å². The topological polar surface area (TPSA) is 58.6 Å². The number of benzene rings is 2. The number of carbonyl (C=O) groups excluding carboxylic acids is 2. The van der Waals surface area contributed by atoms with Crippen molar-refractivity contribution in [3.63, 3.8) is 0 Å². The summed E-state index contributed by atoms with van der Waals surface area (Å²) < 4.78 is 18.6. The predicted octanol–water partition coefficient (Wildman–Crippen LogP) is 5.23. The number of nitrogens with zero attached hydrogens (tertiary/aromatic N) is 1. The zero-order chi connectivity index (χ0) is 23.0. The molecule has 0 heterocycles. The van der Waals surface area contributed by atoms with Crippen LogP contribution in [0.25, 0.3) is 0 Å². The average molecular weight is 469 g/mol. The number of rotatable bonds is 10. The van der Waals surface area contributed by atoms with E-state index >= 15 is 0 Å². The molecule has 2 atom stereocenters. The maximum Gasteiger partial charge on any atom is 0.261 e. The zero-order valence-corrected chi connectivity index (χ0v) is 19.3. The molecule has 2 aromatic carbocycles. The lowest BCUT2D eigenvalue weighted by atomic mass is 10.1. The number of halogens is 3. The second-order valence-corrected chi connectivity index (χ2v) is 8.09. The van der Waals surface area contributed by atoms with Gasteiger partial charge in [-0.1, -0.05) is 43.1 Å². The maximum atomic E-state index is 13.1.